The predicted octanol–water partition coefficient (Wildman–Crippen LogP) is -0.374. The number of nitrogens with two attached hydrogens (primary N) is 1. The van der Waals surface area contributed by atoms with E-state index in [-0.39, 0.29) is 17.9 Å². The Bertz CT molecular complexity index is 271. The Kier molecular flexibility index (Phi) is 3.62. The van der Waals surface area contributed by atoms with Crippen molar-refractivity contribution in [2.75, 3.05) is 13.2 Å². The fraction of sp³-hybridized carbons (Fsp3) is 0.909. The van der Waals surface area contributed by atoms with Gasteiger partial charge in [0.1, 0.15) is 0 Å². The number of carbonyl (C=O) groups excluding carboxylic acids is 1. The van der Waals surface area contributed by atoms with Crippen LogP contribution in [0.5, 0.6) is 0 Å². The molecule has 2 unspecified atom stereocenters. The maximum Gasteiger partial charge on any atom is 0.227 e. The molecule has 0 aromatic carbocycles. The fourth-order valence-corrected chi connectivity index (χ4v) is 1.39. The average molecular weight is 230 g/mol. The van der Waals surface area contributed by atoms with Crippen molar-refractivity contribution in [2.45, 2.75) is 44.9 Å². The van der Waals surface area contributed by atoms with Crippen molar-refractivity contribution >= 4 is 5.91 Å². The van der Waals surface area contributed by atoms with Gasteiger partial charge >= 0.3 is 0 Å². The smallest absolute Gasteiger partial charge is 0.227 e. The molecule has 1 saturated heterocycles. The van der Waals surface area contributed by atoms with E-state index in [0.29, 0.717) is 13.2 Å². The topological polar surface area (TPSA) is 84.6 Å². The van der Waals surface area contributed by atoms with Crippen LogP contribution >= 0.6 is 0 Å². The second-order valence-corrected chi connectivity index (χ2v) is 5.48. The number of amides is 1. The first-order chi connectivity index (χ1) is 7.15. The summed E-state index contributed by atoms with van der Waals surface area (Å²) in [5.41, 5.74) is 4.06. The van der Waals surface area contributed by atoms with Crippen molar-refractivity contribution in [1.82, 2.24) is 5.32 Å². The molecule has 1 rings (SSSR count). The van der Waals surface area contributed by atoms with Crippen molar-refractivity contribution in [3.8, 4) is 0 Å². The second kappa shape index (κ2) is 4.31. The number of ether oxygens (including phenoxy) is 1. The molecule has 1 fully saturated rings. The molecule has 5 nitrogen and oxygen atoms in total. The van der Waals surface area contributed by atoms with Crippen LogP contribution in [0.2, 0.25) is 0 Å². The molecule has 1 heterocycles. The lowest BCUT2D eigenvalue weighted by Crippen LogP contribution is -2.60. The summed E-state index contributed by atoms with van der Waals surface area (Å²) in [6.45, 7) is 7.67. The summed E-state index contributed by atoms with van der Waals surface area (Å²) in [6.07, 6.45) is 0. The van der Waals surface area contributed by atoms with Gasteiger partial charge in [-0.15, -0.1) is 0 Å². The van der Waals surface area contributed by atoms with Gasteiger partial charge < -0.3 is 20.9 Å². The maximum absolute atomic E-state index is 11.9. The molecule has 1 aliphatic rings. The average Bonchev–Trinajstić information content (AvgIpc) is 2.48. The minimum atomic E-state index is -0.994. The lowest BCUT2D eigenvalue weighted by Gasteiger charge is -2.38. The van der Waals surface area contributed by atoms with Crippen molar-refractivity contribution < 1.29 is 14.6 Å². The first kappa shape index (κ1) is 13.4. The summed E-state index contributed by atoms with van der Waals surface area (Å²) < 4.78 is 5.14. The van der Waals surface area contributed by atoms with E-state index < -0.39 is 11.1 Å². The molecule has 0 radical (unpaired) electrons. The Morgan fingerprint density at radius 3 is 2.31 bits per heavy atom. The van der Waals surface area contributed by atoms with E-state index in [4.69, 9.17) is 10.5 Å². The molecule has 1 aliphatic heterocycles. The summed E-state index contributed by atoms with van der Waals surface area (Å²) >= 11 is 0. The van der Waals surface area contributed by atoms with Crippen LogP contribution in [-0.2, 0) is 9.53 Å². The van der Waals surface area contributed by atoms with Crippen LogP contribution in [0.1, 0.15) is 27.7 Å². The van der Waals surface area contributed by atoms with Gasteiger partial charge in [0.25, 0.3) is 0 Å². The molecule has 0 spiro atoms. The fourth-order valence-electron chi connectivity index (χ4n) is 1.39. The van der Waals surface area contributed by atoms with Crippen molar-refractivity contribution in [1.29, 1.82) is 0 Å². The number of rotatable bonds is 3. The van der Waals surface area contributed by atoms with Crippen LogP contribution in [-0.4, -0.2) is 41.4 Å². The van der Waals surface area contributed by atoms with Crippen LogP contribution in [0.4, 0.5) is 0 Å². The minimum absolute atomic E-state index is 0.155. The number of carbonyl (C=O) groups is 1. The van der Waals surface area contributed by atoms with Gasteiger partial charge in [-0.25, -0.2) is 0 Å². The van der Waals surface area contributed by atoms with E-state index in [1.807, 2.05) is 0 Å². The highest BCUT2D eigenvalue weighted by Gasteiger charge is 2.40. The lowest BCUT2D eigenvalue weighted by atomic mass is 9.85. The van der Waals surface area contributed by atoms with Gasteiger partial charge in [0, 0.05) is 6.04 Å². The maximum atomic E-state index is 11.9. The molecule has 94 valence electrons. The van der Waals surface area contributed by atoms with Gasteiger partial charge in [0.15, 0.2) is 0 Å². The van der Waals surface area contributed by atoms with Gasteiger partial charge in [0.05, 0.1) is 30.3 Å². The number of hydrogen-bond donors (Lipinski definition) is 3. The van der Waals surface area contributed by atoms with Gasteiger partial charge in [-0.1, -0.05) is 0 Å². The molecule has 4 N–H and O–H groups in total. The Morgan fingerprint density at radius 2 is 1.94 bits per heavy atom. The summed E-state index contributed by atoms with van der Waals surface area (Å²) in [5, 5.41) is 12.7. The zero-order valence-electron chi connectivity index (χ0n) is 10.4. The Labute approximate surface area is 96.3 Å². The third-order valence-electron chi connectivity index (χ3n) is 3.43. The standard InChI is InChI=1S/C11H22N2O3/c1-10(2,11(3,4)15)13-9(14)7-5-16-6-8(7)12/h7-8,15H,5-6,12H2,1-4H3,(H,13,14). The van der Waals surface area contributed by atoms with Gasteiger partial charge in [-0.3, -0.25) is 4.79 Å². The van der Waals surface area contributed by atoms with E-state index in [1.165, 1.54) is 0 Å². The zero-order valence-corrected chi connectivity index (χ0v) is 10.4. The normalized spacial score (nSPS) is 26.9. The zero-order chi connectivity index (χ0) is 12.6. The van der Waals surface area contributed by atoms with Gasteiger partial charge in [-0.05, 0) is 27.7 Å². The van der Waals surface area contributed by atoms with Crippen LogP contribution in [0, 0.1) is 5.92 Å². The Hall–Kier alpha value is -0.650. The van der Waals surface area contributed by atoms with E-state index in [2.05, 4.69) is 5.32 Å². The summed E-state index contributed by atoms with van der Waals surface area (Å²) in [7, 11) is 0. The SMILES string of the molecule is CC(C)(O)C(C)(C)NC(=O)C1COCC1N. The molecular formula is C11H22N2O3. The summed E-state index contributed by atoms with van der Waals surface area (Å²) in [5.74, 6) is -0.473. The van der Waals surface area contributed by atoms with Crippen molar-refractivity contribution in [3.63, 3.8) is 0 Å². The third-order valence-corrected chi connectivity index (χ3v) is 3.43. The second-order valence-electron chi connectivity index (χ2n) is 5.48. The molecule has 2 atom stereocenters. The van der Waals surface area contributed by atoms with E-state index in [9.17, 15) is 9.90 Å². The first-order valence-electron chi connectivity index (χ1n) is 5.53. The molecule has 0 aromatic heterocycles. The Balaban J connectivity index is 2.64. The van der Waals surface area contributed by atoms with E-state index >= 15 is 0 Å². The largest absolute Gasteiger partial charge is 0.388 e. The third kappa shape index (κ3) is 2.72. The molecule has 0 saturated carbocycles. The highest BCUT2D eigenvalue weighted by molar-refractivity contribution is 5.80. The molecule has 0 bridgehead atoms. The lowest BCUT2D eigenvalue weighted by molar-refractivity contribution is -0.130. The quantitative estimate of drug-likeness (QED) is 0.617. The first-order valence-corrected chi connectivity index (χ1v) is 5.53. The minimum Gasteiger partial charge on any atom is -0.388 e. The Morgan fingerprint density at radius 1 is 1.38 bits per heavy atom. The van der Waals surface area contributed by atoms with E-state index in [1.54, 1.807) is 27.7 Å². The van der Waals surface area contributed by atoms with Gasteiger partial charge in [0.2, 0.25) is 5.91 Å². The van der Waals surface area contributed by atoms with Crippen molar-refractivity contribution in [2.24, 2.45) is 11.7 Å². The predicted molar refractivity (Wildman–Crippen MR) is 60.8 cm³/mol. The van der Waals surface area contributed by atoms with E-state index in [0.717, 1.165) is 0 Å². The van der Waals surface area contributed by atoms with Gasteiger partial charge in [-0.2, -0.15) is 0 Å². The molecule has 0 aliphatic carbocycles. The number of aliphatic hydroxyl groups is 1. The van der Waals surface area contributed by atoms with Crippen molar-refractivity contribution in [3.05, 3.63) is 0 Å². The highest BCUT2D eigenvalue weighted by atomic mass is 16.5. The van der Waals surface area contributed by atoms with Crippen LogP contribution < -0.4 is 11.1 Å². The number of nitrogens with one attached hydrogen (secondary N) is 1. The highest BCUT2D eigenvalue weighted by Crippen LogP contribution is 2.22. The summed E-state index contributed by atoms with van der Waals surface area (Å²) in [4.78, 5) is 11.9. The molecular weight excluding hydrogens is 208 g/mol. The molecule has 5 heteroatoms. The monoisotopic (exact) mass is 230 g/mol. The molecule has 16 heavy (non-hydrogen) atoms. The molecule has 1 amide bonds. The van der Waals surface area contributed by atoms with Crippen LogP contribution in [0.3, 0.4) is 0 Å². The van der Waals surface area contributed by atoms with Crippen LogP contribution in [0.15, 0.2) is 0 Å². The summed E-state index contributed by atoms with van der Waals surface area (Å²) in [6, 6.07) is -0.252. The number of hydrogen-bond acceptors (Lipinski definition) is 4. The van der Waals surface area contributed by atoms with Crippen LogP contribution in [0.25, 0.3) is 0 Å². The molecule has 0 aromatic rings.